The maximum atomic E-state index is 12.6. The fraction of sp³-hybridized carbons (Fsp3) is 0.857. The molecule has 1 aliphatic rings. The molecule has 0 atom stereocenters. The first kappa shape index (κ1) is 16.0. The van der Waals surface area contributed by atoms with Gasteiger partial charge < -0.3 is 16.0 Å². The molecule has 2 amide bonds. The molecule has 0 aromatic rings. The number of nitrogens with one attached hydrogen (secondary N) is 1. The van der Waals surface area contributed by atoms with Crippen molar-refractivity contribution in [2.24, 2.45) is 11.1 Å². The molecule has 0 spiro atoms. The average Bonchev–Trinajstić information content (AvgIpc) is 2.69. The first-order valence-electron chi connectivity index (χ1n) is 7.22. The molecule has 0 saturated heterocycles. The molecule has 0 unspecified atom stereocenters. The molecule has 5 nitrogen and oxygen atoms in total. The molecule has 1 rings (SSSR count). The Morgan fingerprint density at radius 2 is 1.79 bits per heavy atom. The minimum absolute atomic E-state index is 0.0395. The minimum Gasteiger partial charge on any atom is -0.359 e. The standard InChI is InChI=1S/C14H27N3O2/c1-16-12(18)7-10-17(2)13(19)14(11-15)8-5-3-4-6-9-14/h3-11,15H2,1-2H3,(H,16,18). The third kappa shape index (κ3) is 4.20. The first-order chi connectivity index (χ1) is 9.05. The van der Waals surface area contributed by atoms with E-state index in [9.17, 15) is 9.59 Å². The molecule has 0 heterocycles. The number of rotatable bonds is 5. The highest BCUT2D eigenvalue weighted by Crippen LogP contribution is 2.35. The Bertz CT molecular complexity index is 310. The Morgan fingerprint density at radius 3 is 2.26 bits per heavy atom. The van der Waals surface area contributed by atoms with E-state index < -0.39 is 5.41 Å². The summed E-state index contributed by atoms with van der Waals surface area (Å²) in [5.41, 5.74) is 5.51. The predicted molar refractivity (Wildman–Crippen MR) is 75.5 cm³/mol. The zero-order chi connectivity index (χ0) is 14.3. The quantitative estimate of drug-likeness (QED) is 0.728. The number of hydrogen-bond donors (Lipinski definition) is 2. The van der Waals surface area contributed by atoms with Crippen molar-refractivity contribution in [1.29, 1.82) is 0 Å². The van der Waals surface area contributed by atoms with E-state index >= 15 is 0 Å². The van der Waals surface area contributed by atoms with Gasteiger partial charge in [0, 0.05) is 33.6 Å². The lowest BCUT2D eigenvalue weighted by molar-refractivity contribution is -0.141. The van der Waals surface area contributed by atoms with Crippen molar-refractivity contribution in [3.8, 4) is 0 Å². The van der Waals surface area contributed by atoms with Gasteiger partial charge in [0.1, 0.15) is 0 Å². The third-order valence-electron chi connectivity index (χ3n) is 4.20. The number of carbonyl (C=O) groups excluding carboxylic acids is 2. The summed E-state index contributed by atoms with van der Waals surface area (Å²) in [5.74, 6) is 0.0723. The van der Waals surface area contributed by atoms with E-state index in [2.05, 4.69) is 5.32 Å². The van der Waals surface area contributed by atoms with Gasteiger partial charge in [-0.05, 0) is 12.8 Å². The smallest absolute Gasteiger partial charge is 0.229 e. The molecule has 1 fully saturated rings. The van der Waals surface area contributed by atoms with Gasteiger partial charge in [-0.1, -0.05) is 25.7 Å². The van der Waals surface area contributed by atoms with Crippen LogP contribution >= 0.6 is 0 Å². The summed E-state index contributed by atoms with van der Waals surface area (Å²) in [6.07, 6.45) is 6.64. The molecule has 110 valence electrons. The van der Waals surface area contributed by atoms with Crippen LogP contribution in [0, 0.1) is 5.41 Å². The van der Waals surface area contributed by atoms with Crippen LogP contribution in [0.3, 0.4) is 0 Å². The monoisotopic (exact) mass is 269 g/mol. The highest BCUT2D eigenvalue weighted by atomic mass is 16.2. The molecule has 0 aliphatic heterocycles. The number of nitrogens with zero attached hydrogens (tertiary/aromatic N) is 1. The molecule has 0 aromatic carbocycles. The van der Waals surface area contributed by atoms with Crippen molar-refractivity contribution in [3.05, 3.63) is 0 Å². The molecule has 1 aliphatic carbocycles. The summed E-state index contributed by atoms with van der Waals surface area (Å²) in [5, 5.41) is 2.57. The van der Waals surface area contributed by atoms with Crippen LogP contribution in [0.2, 0.25) is 0 Å². The van der Waals surface area contributed by atoms with Gasteiger partial charge in [0.25, 0.3) is 0 Å². The number of hydrogen-bond acceptors (Lipinski definition) is 3. The Morgan fingerprint density at radius 1 is 1.21 bits per heavy atom. The van der Waals surface area contributed by atoms with Gasteiger partial charge in [0.05, 0.1) is 5.41 Å². The van der Waals surface area contributed by atoms with E-state index in [1.54, 1.807) is 19.0 Å². The summed E-state index contributed by atoms with van der Waals surface area (Å²) < 4.78 is 0. The molecule has 0 aromatic heterocycles. The average molecular weight is 269 g/mol. The maximum absolute atomic E-state index is 12.6. The summed E-state index contributed by atoms with van der Waals surface area (Å²) in [4.78, 5) is 25.5. The van der Waals surface area contributed by atoms with Crippen LogP contribution in [0.25, 0.3) is 0 Å². The Balaban J connectivity index is 2.63. The number of carbonyl (C=O) groups is 2. The van der Waals surface area contributed by atoms with Gasteiger partial charge >= 0.3 is 0 Å². The topological polar surface area (TPSA) is 75.4 Å². The second-order valence-corrected chi connectivity index (χ2v) is 5.55. The second kappa shape index (κ2) is 7.48. The summed E-state index contributed by atoms with van der Waals surface area (Å²) in [6.45, 7) is 0.871. The summed E-state index contributed by atoms with van der Waals surface area (Å²) >= 11 is 0. The van der Waals surface area contributed by atoms with Crippen LogP contribution in [-0.4, -0.2) is 43.9 Å². The lowest BCUT2D eigenvalue weighted by Crippen LogP contribution is -2.47. The van der Waals surface area contributed by atoms with Crippen LogP contribution in [0.1, 0.15) is 44.9 Å². The van der Waals surface area contributed by atoms with Crippen molar-refractivity contribution >= 4 is 11.8 Å². The Labute approximate surface area is 115 Å². The van der Waals surface area contributed by atoms with Gasteiger partial charge in [-0.15, -0.1) is 0 Å². The van der Waals surface area contributed by atoms with Crippen LogP contribution < -0.4 is 11.1 Å². The lowest BCUT2D eigenvalue weighted by Gasteiger charge is -2.34. The van der Waals surface area contributed by atoms with Gasteiger partial charge in [-0.3, -0.25) is 9.59 Å². The van der Waals surface area contributed by atoms with Crippen LogP contribution in [-0.2, 0) is 9.59 Å². The zero-order valence-corrected chi connectivity index (χ0v) is 12.2. The molecule has 0 radical (unpaired) electrons. The van der Waals surface area contributed by atoms with Gasteiger partial charge in [0.15, 0.2) is 0 Å². The largest absolute Gasteiger partial charge is 0.359 e. The highest BCUT2D eigenvalue weighted by Gasteiger charge is 2.38. The van der Waals surface area contributed by atoms with Gasteiger partial charge in [-0.2, -0.15) is 0 Å². The van der Waals surface area contributed by atoms with Crippen molar-refractivity contribution < 1.29 is 9.59 Å². The fourth-order valence-corrected chi connectivity index (χ4v) is 2.81. The summed E-state index contributed by atoms with van der Waals surface area (Å²) in [7, 11) is 3.38. The molecule has 0 bridgehead atoms. The normalized spacial score (nSPS) is 18.5. The van der Waals surface area contributed by atoms with Crippen molar-refractivity contribution in [3.63, 3.8) is 0 Å². The first-order valence-corrected chi connectivity index (χ1v) is 7.22. The summed E-state index contributed by atoms with van der Waals surface area (Å²) in [6, 6.07) is 0. The van der Waals surface area contributed by atoms with Gasteiger partial charge in [0.2, 0.25) is 11.8 Å². The predicted octanol–water partition coefficient (Wildman–Crippen LogP) is 0.880. The Kier molecular flexibility index (Phi) is 6.28. The van der Waals surface area contributed by atoms with E-state index in [4.69, 9.17) is 5.73 Å². The second-order valence-electron chi connectivity index (χ2n) is 5.55. The third-order valence-corrected chi connectivity index (χ3v) is 4.20. The van der Waals surface area contributed by atoms with E-state index in [1.165, 1.54) is 12.8 Å². The van der Waals surface area contributed by atoms with E-state index in [0.717, 1.165) is 25.7 Å². The van der Waals surface area contributed by atoms with Crippen LogP contribution in [0.4, 0.5) is 0 Å². The SMILES string of the molecule is CNC(=O)CCN(C)C(=O)C1(CN)CCCCCC1. The van der Waals surface area contributed by atoms with E-state index in [1.807, 2.05) is 0 Å². The van der Waals surface area contributed by atoms with Gasteiger partial charge in [-0.25, -0.2) is 0 Å². The molecular formula is C14H27N3O2. The molecule has 5 heteroatoms. The zero-order valence-electron chi connectivity index (χ0n) is 12.2. The molecular weight excluding hydrogens is 242 g/mol. The minimum atomic E-state index is -0.395. The van der Waals surface area contributed by atoms with E-state index in [0.29, 0.717) is 19.5 Å². The van der Waals surface area contributed by atoms with Crippen molar-refractivity contribution in [2.45, 2.75) is 44.9 Å². The number of amides is 2. The van der Waals surface area contributed by atoms with Crippen molar-refractivity contribution in [1.82, 2.24) is 10.2 Å². The molecule has 1 saturated carbocycles. The van der Waals surface area contributed by atoms with Crippen LogP contribution in [0.15, 0.2) is 0 Å². The Hall–Kier alpha value is -1.10. The van der Waals surface area contributed by atoms with Crippen LogP contribution in [0.5, 0.6) is 0 Å². The van der Waals surface area contributed by atoms with E-state index in [-0.39, 0.29) is 11.8 Å². The molecule has 3 N–H and O–H groups in total. The molecule has 19 heavy (non-hydrogen) atoms. The number of nitrogens with two attached hydrogens (primary N) is 1. The fourth-order valence-electron chi connectivity index (χ4n) is 2.81. The maximum Gasteiger partial charge on any atom is 0.229 e. The lowest BCUT2D eigenvalue weighted by atomic mass is 9.79. The van der Waals surface area contributed by atoms with Crippen molar-refractivity contribution in [2.75, 3.05) is 27.2 Å². The highest BCUT2D eigenvalue weighted by molar-refractivity contribution is 5.83.